The number of carbonyl (C=O) groups excluding carboxylic acids is 1. The van der Waals surface area contributed by atoms with Gasteiger partial charge in [0.25, 0.3) is 5.91 Å². The Bertz CT molecular complexity index is 1020. The highest BCUT2D eigenvalue weighted by Gasteiger charge is 2.23. The average molecular weight is 476 g/mol. The van der Waals surface area contributed by atoms with Crippen molar-refractivity contribution in [3.8, 4) is 34.6 Å². The van der Waals surface area contributed by atoms with Crippen LogP contribution in [-0.4, -0.2) is 48.1 Å². The summed E-state index contributed by atoms with van der Waals surface area (Å²) in [5.74, 6) is 1.25. The van der Waals surface area contributed by atoms with E-state index in [4.69, 9.17) is 18.9 Å². The standard InChI is InChI=1S/C21H22BrN3O5/c1-12(2)30-21-23-19(14-10-16(27-3)18(29-5)17(11-14)28-4)25(24-21)20(26)13-6-8-15(22)9-7-13/h6-12H,1-5H3. The SMILES string of the molecule is COc1cc(-c2nc(OC(C)C)nn2C(=O)c2ccc(Br)cc2)cc(OC)c1OC. The number of carbonyl (C=O) groups is 1. The summed E-state index contributed by atoms with van der Waals surface area (Å²) in [5.41, 5.74) is 1.01. The van der Waals surface area contributed by atoms with Crippen molar-refractivity contribution >= 4 is 21.8 Å². The lowest BCUT2D eigenvalue weighted by molar-refractivity contribution is 0.0943. The molecule has 0 spiro atoms. The lowest BCUT2D eigenvalue weighted by Gasteiger charge is -2.14. The van der Waals surface area contributed by atoms with E-state index in [1.54, 1.807) is 36.4 Å². The zero-order chi connectivity index (χ0) is 21.8. The van der Waals surface area contributed by atoms with E-state index in [1.165, 1.54) is 26.0 Å². The van der Waals surface area contributed by atoms with Crippen LogP contribution in [-0.2, 0) is 0 Å². The summed E-state index contributed by atoms with van der Waals surface area (Å²) in [4.78, 5) is 17.6. The molecule has 0 radical (unpaired) electrons. The molecule has 0 aliphatic carbocycles. The fourth-order valence-corrected chi connectivity index (χ4v) is 3.07. The van der Waals surface area contributed by atoms with Gasteiger partial charge < -0.3 is 18.9 Å². The number of hydrogen-bond acceptors (Lipinski definition) is 7. The van der Waals surface area contributed by atoms with E-state index in [-0.39, 0.29) is 23.8 Å². The maximum atomic E-state index is 13.2. The first-order chi connectivity index (χ1) is 14.4. The molecule has 0 bridgehead atoms. The predicted octanol–water partition coefficient (Wildman–Crippen LogP) is 4.21. The molecule has 3 aromatic rings. The summed E-state index contributed by atoms with van der Waals surface area (Å²) in [7, 11) is 4.56. The van der Waals surface area contributed by atoms with Crippen LogP contribution in [0.15, 0.2) is 40.9 Å². The van der Waals surface area contributed by atoms with Crippen LogP contribution in [0.1, 0.15) is 24.2 Å². The molecule has 9 heteroatoms. The van der Waals surface area contributed by atoms with Crippen LogP contribution in [0.3, 0.4) is 0 Å². The number of hydrogen-bond donors (Lipinski definition) is 0. The number of aromatic nitrogens is 3. The van der Waals surface area contributed by atoms with Gasteiger partial charge in [0.05, 0.1) is 27.4 Å². The third kappa shape index (κ3) is 4.40. The molecule has 0 saturated heterocycles. The second-order valence-electron chi connectivity index (χ2n) is 6.52. The van der Waals surface area contributed by atoms with Gasteiger partial charge in [0.1, 0.15) is 0 Å². The molecule has 8 nitrogen and oxygen atoms in total. The van der Waals surface area contributed by atoms with Crippen molar-refractivity contribution in [2.75, 3.05) is 21.3 Å². The Balaban J connectivity index is 2.17. The molecule has 0 unspecified atom stereocenters. The molecule has 0 fully saturated rings. The summed E-state index contributed by atoms with van der Waals surface area (Å²) in [6.07, 6.45) is -0.156. The molecule has 3 rings (SSSR count). The van der Waals surface area contributed by atoms with Gasteiger partial charge in [0.2, 0.25) is 5.75 Å². The highest BCUT2D eigenvalue weighted by molar-refractivity contribution is 9.10. The predicted molar refractivity (Wildman–Crippen MR) is 115 cm³/mol. The van der Waals surface area contributed by atoms with E-state index in [0.717, 1.165) is 4.47 Å². The number of methoxy groups -OCH3 is 3. The summed E-state index contributed by atoms with van der Waals surface area (Å²) in [5, 5.41) is 4.29. The monoisotopic (exact) mass is 475 g/mol. The van der Waals surface area contributed by atoms with Crippen molar-refractivity contribution in [1.82, 2.24) is 14.8 Å². The highest BCUT2D eigenvalue weighted by atomic mass is 79.9. The van der Waals surface area contributed by atoms with Crippen LogP contribution >= 0.6 is 15.9 Å². The maximum absolute atomic E-state index is 13.2. The molecule has 0 amide bonds. The normalized spacial score (nSPS) is 10.8. The first-order valence-electron chi connectivity index (χ1n) is 9.12. The maximum Gasteiger partial charge on any atom is 0.336 e. The lowest BCUT2D eigenvalue weighted by Crippen LogP contribution is -2.15. The molecule has 158 valence electrons. The number of nitrogens with zero attached hydrogens (tertiary/aromatic N) is 3. The fourth-order valence-electron chi connectivity index (χ4n) is 2.81. The Hall–Kier alpha value is -3.07. The van der Waals surface area contributed by atoms with E-state index in [0.29, 0.717) is 28.4 Å². The molecule has 0 atom stereocenters. The molecule has 0 aliphatic heterocycles. The molecule has 0 saturated carbocycles. The van der Waals surface area contributed by atoms with Crippen molar-refractivity contribution in [2.45, 2.75) is 20.0 Å². The lowest BCUT2D eigenvalue weighted by atomic mass is 10.1. The van der Waals surface area contributed by atoms with Gasteiger partial charge in [-0.05, 0) is 50.2 Å². The minimum atomic E-state index is -0.350. The molecule has 0 N–H and O–H groups in total. The first kappa shape index (κ1) is 21.6. The number of benzene rings is 2. The van der Waals surface area contributed by atoms with Crippen molar-refractivity contribution in [1.29, 1.82) is 0 Å². The highest BCUT2D eigenvalue weighted by Crippen LogP contribution is 2.41. The van der Waals surface area contributed by atoms with E-state index in [2.05, 4.69) is 26.0 Å². The van der Waals surface area contributed by atoms with Gasteiger partial charge in [-0.2, -0.15) is 9.67 Å². The Morgan fingerprint density at radius 1 is 1.00 bits per heavy atom. The van der Waals surface area contributed by atoms with Crippen LogP contribution in [0.25, 0.3) is 11.4 Å². The molecule has 2 aromatic carbocycles. The van der Waals surface area contributed by atoms with Gasteiger partial charge in [-0.25, -0.2) is 0 Å². The Morgan fingerprint density at radius 3 is 2.10 bits per heavy atom. The van der Waals surface area contributed by atoms with Crippen molar-refractivity contribution in [2.24, 2.45) is 0 Å². The van der Waals surface area contributed by atoms with Crippen LogP contribution in [0.4, 0.5) is 0 Å². The van der Waals surface area contributed by atoms with Gasteiger partial charge >= 0.3 is 6.01 Å². The van der Waals surface area contributed by atoms with Gasteiger partial charge in [-0.1, -0.05) is 15.9 Å². The first-order valence-corrected chi connectivity index (χ1v) is 9.91. The minimum absolute atomic E-state index is 0.0965. The summed E-state index contributed by atoms with van der Waals surface area (Å²) in [6, 6.07) is 10.5. The van der Waals surface area contributed by atoms with E-state index in [9.17, 15) is 4.79 Å². The van der Waals surface area contributed by atoms with E-state index >= 15 is 0 Å². The number of ether oxygens (including phenoxy) is 4. The van der Waals surface area contributed by atoms with Crippen LogP contribution in [0, 0.1) is 0 Å². The summed E-state index contributed by atoms with van der Waals surface area (Å²) < 4.78 is 23.9. The minimum Gasteiger partial charge on any atom is -0.493 e. The zero-order valence-electron chi connectivity index (χ0n) is 17.3. The van der Waals surface area contributed by atoms with Crippen LogP contribution < -0.4 is 18.9 Å². The third-order valence-electron chi connectivity index (χ3n) is 4.14. The number of rotatable bonds is 7. The summed E-state index contributed by atoms with van der Waals surface area (Å²) in [6.45, 7) is 3.71. The van der Waals surface area contributed by atoms with Gasteiger partial charge in [0.15, 0.2) is 17.3 Å². The second-order valence-corrected chi connectivity index (χ2v) is 7.44. The largest absolute Gasteiger partial charge is 0.493 e. The van der Waals surface area contributed by atoms with Crippen molar-refractivity contribution in [3.63, 3.8) is 0 Å². The van der Waals surface area contributed by atoms with Gasteiger partial charge in [0, 0.05) is 15.6 Å². The van der Waals surface area contributed by atoms with Crippen molar-refractivity contribution < 1.29 is 23.7 Å². The molecule has 1 heterocycles. The van der Waals surface area contributed by atoms with Crippen LogP contribution in [0.5, 0.6) is 23.3 Å². The molecule has 0 aliphatic rings. The van der Waals surface area contributed by atoms with Gasteiger partial charge in [-0.3, -0.25) is 4.79 Å². The van der Waals surface area contributed by atoms with Crippen LogP contribution in [0.2, 0.25) is 0 Å². The smallest absolute Gasteiger partial charge is 0.336 e. The Morgan fingerprint density at radius 2 is 1.60 bits per heavy atom. The molecule has 1 aromatic heterocycles. The van der Waals surface area contributed by atoms with Crippen molar-refractivity contribution in [3.05, 3.63) is 46.4 Å². The zero-order valence-corrected chi connectivity index (χ0v) is 18.9. The molecular formula is C21H22BrN3O5. The summed E-state index contributed by atoms with van der Waals surface area (Å²) >= 11 is 3.37. The fraction of sp³-hybridized carbons (Fsp3) is 0.286. The topological polar surface area (TPSA) is 84.7 Å². The van der Waals surface area contributed by atoms with E-state index < -0.39 is 0 Å². The average Bonchev–Trinajstić information content (AvgIpc) is 3.15. The molecular weight excluding hydrogens is 454 g/mol. The van der Waals surface area contributed by atoms with Gasteiger partial charge in [-0.15, -0.1) is 5.10 Å². The molecule has 30 heavy (non-hydrogen) atoms. The second kappa shape index (κ2) is 9.17. The third-order valence-corrected chi connectivity index (χ3v) is 4.66. The quantitative estimate of drug-likeness (QED) is 0.505. The Kier molecular flexibility index (Phi) is 6.61. The van der Waals surface area contributed by atoms with E-state index in [1.807, 2.05) is 13.8 Å². The number of halogens is 1. The Labute approximate surface area is 182 Å².